The Bertz CT molecular complexity index is 720. The first kappa shape index (κ1) is 17.1. The molecule has 2 aromatic rings. The first-order valence-corrected chi connectivity index (χ1v) is 9.28. The van der Waals surface area contributed by atoms with Crippen molar-refractivity contribution in [2.75, 3.05) is 13.1 Å². The third-order valence-electron chi connectivity index (χ3n) is 4.85. The number of nitrogens with two attached hydrogens (primary N) is 1. The van der Waals surface area contributed by atoms with Crippen LogP contribution in [0.5, 0.6) is 0 Å². The Morgan fingerprint density at radius 1 is 1.38 bits per heavy atom. The van der Waals surface area contributed by atoms with Crippen molar-refractivity contribution in [2.45, 2.75) is 39.7 Å². The molecule has 24 heavy (non-hydrogen) atoms. The first-order valence-electron chi connectivity index (χ1n) is 8.40. The summed E-state index contributed by atoms with van der Waals surface area (Å²) in [4.78, 5) is 19.2. The fourth-order valence-electron chi connectivity index (χ4n) is 3.07. The third kappa shape index (κ3) is 3.68. The van der Waals surface area contributed by atoms with Gasteiger partial charge in [0.25, 0.3) is 0 Å². The molecule has 128 valence electrons. The van der Waals surface area contributed by atoms with Crippen LogP contribution < -0.4 is 5.73 Å². The molecule has 0 saturated carbocycles. The summed E-state index contributed by atoms with van der Waals surface area (Å²) in [5.41, 5.74) is 9.33. The predicted molar refractivity (Wildman–Crippen MR) is 98.9 cm³/mol. The number of thiazole rings is 1. The fraction of sp³-hybridized carbons (Fsp3) is 0.474. The largest absolute Gasteiger partial charge is 0.342 e. The molecule has 2 heterocycles. The van der Waals surface area contributed by atoms with Crippen molar-refractivity contribution in [1.29, 1.82) is 0 Å². The molecule has 1 unspecified atom stereocenters. The second-order valence-electron chi connectivity index (χ2n) is 7.39. The van der Waals surface area contributed by atoms with E-state index in [9.17, 15) is 4.79 Å². The zero-order valence-corrected chi connectivity index (χ0v) is 15.4. The van der Waals surface area contributed by atoms with E-state index in [1.54, 1.807) is 11.3 Å². The molecule has 1 fully saturated rings. The quantitative estimate of drug-likeness (QED) is 0.931. The molecule has 1 saturated heterocycles. The van der Waals surface area contributed by atoms with Crippen LogP contribution in [-0.4, -0.2) is 34.9 Å². The maximum absolute atomic E-state index is 12.6. The molecule has 1 amide bonds. The number of rotatable bonds is 3. The van der Waals surface area contributed by atoms with Crippen LogP contribution in [0.1, 0.15) is 31.5 Å². The second kappa shape index (κ2) is 6.65. The van der Waals surface area contributed by atoms with Crippen molar-refractivity contribution in [3.05, 3.63) is 40.9 Å². The van der Waals surface area contributed by atoms with Crippen molar-refractivity contribution in [2.24, 2.45) is 11.1 Å². The van der Waals surface area contributed by atoms with E-state index in [0.717, 1.165) is 35.8 Å². The number of hydrogen-bond acceptors (Lipinski definition) is 4. The molecule has 2 N–H and O–H groups in total. The third-order valence-corrected chi connectivity index (χ3v) is 5.79. The number of aryl methyl sites for hydroxylation is 1. The number of amides is 1. The van der Waals surface area contributed by atoms with Gasteiger partial charge in [0.2, 0.25) is 5.91 Å². The maximum atomic E-state index is 12.6. The highest BCUT2D eigenvalue weighted by Gasteiger charge is 2.35. The van der Waals surface area contributed by atoms with Crippen LogP contribution in [0.25, 0.3) is 10.6 Å². The molecular weight excluding hydrogens is 318 g/mol. The van der Waals surface area contributed by atoms with E-state index in [4.69, 9.17) is 5.73 Å². The lowest BCUT2D eigenvalue weighted by Gasteiger charge is -2.42. The van der Waals surface area contributed by atoms with E-state index in [-0.39, 0.29) is 17.4 Å². The lowest BCUT2D eigenvalue weighted by molar-refractivity contribution is -0.133. The number of carbonyl (C=O) groups is 1. The minimum atomic E-state index is -0.0248. The Kier molecular flexibility index (Phi) is 4.74. The molecule has 0 radical (unpaired) electrons. The van der Waals surface area contributed by atoms with E-state index >= 15 is 0 Å². The van der Waals surface area contributed by atoms with Crippen molar-refractivity contribution in [3.8, 4) is 10.6 Å². The van der Waals surface area contributed by atoms with Gasteiger partial charge in [0.1, 0.15) is 5.01 Å². The molecule has 0 bridgehead atoms. The van der Waals surface area contributed by atoms with E-state index < -0.39 is 0 Å². The summed E-state index contributed by atoms with van der Waals surface area (Å²) in [5, 5.41) is 2.97. The highest BCUT2D eigenvalue weighted by atomic mass is 32.1. The van der Waals surface area contributed by atoms with E-state index in [1.807, 2.05) is 10.3 Å². The minimum absolute atomic E-state index is 0.0248. The maximum Gasteiger partial charge on any atom is 0.228 e. The van der Waals surface area contributed by atoms with Gasteiger partial charge in [-0.1, -0.05) is 43.7 Å². The number of aromatic nitrogens is 1. The summed E-state index contributed by atoms with van der Waals surface area (Å²) < 4.78 is 0. The summed E-state index contributed by atoms with van der Waals surface area (Å²) in [7, 11) is 0. The van der Waals surface area contributed by atoms with Crippen LogP contribution in [0.2, 0.25) is 0 Å². The van der Waals surface area contributed by atoms with Crippen molar-refractivity contribution in [1.82, 2.24) is 9.88 Å². The zero-order chi connectivity index (χ0) is 17.3. The number of carbonyl (C=O) groups excluding carboxylic acids is 1. The Hall–Kier alpha value is -1.72. The van der Waals surface area contributed by atoms with Crippen LogP contribution in [0.3, 0.4) is 0 Å². The van der Waals surface area contributed by atoms with Gasteiger partial charge in [0.05, 0.1) is 12.1 Å². The molecule has 1 aliphatic heterocycles. The Morgan fingerprint density at radius 2 is 2.08 bits per heavy atom. The van der Waals surface area contributed by atoms with E-state index in [1.165, 1.54) is 5.56 Å². The SMILES string of the molecule is Cc1ccc(-c2nc(CC(=O)N3CCC(N)C(C)(C)C3)cs2)cc1. The van der Waals surface area contributed by atoms with Crippen LogP contribution in [0.4, 0.5) is 0 Å². The topological polar surface area (TPSA) is 59.2 Å². The molecule has 3 rings (SSSR count). The van der Waals surface area contributed by atoms with Crippen LogP contribution >= 0.6 is 11.3 Å². The van der Waals surface area contributed by atoms with Gasteiger partial charge in [-0.25, -0.2) is 4.98 Å². The van der Waals surface area contributed by atoms with Crippen LogP contribution in [0, 0.1) is 12.3 Å². The summed E-state index contributed by atoms with van der Waals surface area (Å²) in [6.07, 6.45) is 1.23. The Labute approximate surface area is 147 Å². The summed E-state index contributed by atoms with van der Waals surface area (Å²) in [5.74, 6) is 0.149. The number of benzene rings is 1. The molecule has 4 nitrogen and oxygen atoms in total. The van der Waals surface area contributed by atoms with Crippen molar-refractivity contribution in [3.63, 3.8) is 0 Å². The van der Waals surface area contributed by atoms with Gasteiger partial charge in [-0.3, -0.25) is 4.79 Å². The molecule has 1 aromatic carbocycles. The van der Waals surface area contributed by atoms with Gasteiger partial charge in [-0.2, -0.15) is 0 Å². The van der Waals surface area contributed by atoms with Gasteiger partial charge in [0, 0.05) is 30.1 Å². The van der Waals surface area contributed by atoms with Gasteiger partial charge >= 0.3 is 0 Å². The average Bonchev–Trinajstić information content (AvgIpc) is 2.99. The van der Waals surface area contributed by atoms with Gasteiger partial charge < -0.3 is 10.6 Å². The van der Waals surface area contributed by atoms with Gasteiger partial charge in [-0.05, 0) is 18.8 Å². The number of nitrogens with zero attached hydrogens (tertiary/aromatic N) is 2. The summed E-state index contributed by atoms with van der Waals surface area (Å²) in [6.45, 7) is 7.81. The molecule has 1 atom stereocenters. The van der Waals surface area contributed by atoms with Crippen molar-refractivity contribution >= 4 is 17.2 Å². The Balaban J connectivity index is 1.66. The minimum Gasteiger partial charge on any atom is -0.342 e. The van der Waals surface area contributed by atoms with Crippen LogP contribution in [0.15, 0.2) is 29.6 Å². The molecule has 1 aliphatic rings. The highest BCUT2D eigenvalue weighted by molar-refractivity contribution is 7.13. The van der Waals surface area contributed by atoms with Gasteiger partial charge in [-0.15, -0.1) is 11.3 Å². The first-order chi connectivity index (χ1) is 11.3. The molecule has 0 spiro atoms. The number of piperidine rings is 1. The molecule has 5 heteroatoms. The molecule has 1 aromatic heterocycles. The number of hydrogen-bond donors (Lipinski definition) is 1. The zero-order valence-electron chi connectivity index (χ0n) is 14.6. The number of likely N-dealkylation sites (tertiary alicyclic amines) is 1. The molecule has 0 aliphatic carbocycles. The standard InChI is InChI=1S/C19H25N3OS/c1-13-4-6-14(7-5-13)18-21-15(11-24-18)10-17(23)22-9-8-16(20)19(2,3)12-22/h4-7,11,16H,8-10,12,20H2,1-3H3. The van der Waals surface area contributed by atoms with Crippen molar-refractivity contribution < 1.29 is 4.79 Å². The molecular formula is C19H25N3OS. The monoisotopic (exact) mass is 343 g/mol. The highest BCUT2D eigenvalue weighted by Crippen LogP contribution is 2.29. The summed E-state index contributed by atoms with van der Waals surface area (Å²) in [6, 6.07) is 8.48. The second-order valence-corrected chi connectivity index (χ2v) is 8.24. The summed E-state index contributed by atoms with van der Waals surface area (Å²) >= 11 is 1.60. The lowest BCUT2D eigenvalue weighted by atomic mass is 9.79. The van der Waals surface area contributed by atoms with E-state index in [0.29, 0.717) is 6.42 Å². The smallest absolute Gasteiger partial charge is 0.228 e. The van der Waals surface area contributed by atoms with E-state index in [2.05, 4.69) is 50.0 Å². The predicted octanol–water partition coefficient (Wildman–Crippen LogP) is 3.25. The van der Waals surface area contributed by atoms with Gasteiger partial charge in [0.15, 0.2) is 0 Å². The normalized spacial score (nSPS) is 20.2. The van der Waals surface area contributed by atoms with Crippen LogP contribution in [-0.2, 0) is 11.2 Å². The lowest BCUT2D eigenvalue weighted by Crippen LogP contribution is -2.54. The average molecular weight is 343 g/mol. The Morgan fingerprint density at radius 3 is 2.75 bits per heavy atom. The fourth-order valence-corrected chi connectivity index (χ4v) is 3.90.